The summed E-state index contributed by atoms with van der Waals surface area (Å²) in [7, 11) is 0. The van der Waals surface area contributed by atoms with Gasteiger partial charge in [0.2, 0.25) is 0 Å². The van der Waals surface area contributed by atoms with Crippen LogP contribution in [0.2, 0.25) is 5.02 Å². The molecule has 2 aromatic rings. The highest BCUT2D eigenvalue weighted by atomic mass is 35.5. The van der Waals surface area contributed by atoms with Crippen molar-refractivity contribution in [2.24, 2.45) is 0 Å². The first-order valence-corrected chi connectivity index (χ1v) is 7.09. The van der Waals surface area contributed by atoms with Crippen LogP contribution in [0.1, 0.15) is 5.56 Å². The van der Waals surface area contributed by atoms with Crippen LogP contribution in [0.25, 0.3) is 0 Å². The Morgan fingerprint density at radius 2 is 2.10 bits per heavy atom. The highest BCUT2D eigenvalue weighted by Gasteiger charge is 2.26. The van der Waals surface area contributed by atoms with Gasteiger partial charge in [0, 0.05) is 28.5 Å². The van der Waals surface area contributed by atoms with Gasteiger partial charge in [-0.25, -0.2) is 0 Å². The van der Waals surface area contributed by atoms with Crippen molar-refractivity contribution >= 4 is 28.9 Å². The summed E-state index contributed by atoms with van der Waals surface area (Å²) in [4.78, 5) is 14.0. The summed E-state index contributed by atoms with van der Waals surface area (Å²) >= 11 is 5.88. The van der Waals surface area contributed by atoms with Gasteiger partial charge >= 0.3 is 0 Å². The van der Waals surface area contributed by atoms with E-state index >= 15 is 0 Å². The number of ether oxygens (including phenoxy) is 1. The van der Waals surface area contributed by atoms with Crippen LogP contribution in [0.5, 0.6) is 5.75 Å². The number of halogens is 1. The van der Waals surface area contributed by atoms with Crippen LogP contribution in [-0.2, 0) is 11.2 Å². The van der Waals surface area contributed by atoms with Crippen LogP contribution in [0.4, 0.5) is 11.4 Å². The van der Waals surface area contributed by atoms with Crippen LogP contribution >= 0.6 is 11.6 Å². The molecule has 0 spiro atoms. The molecule has 0 aliphatic carbocycles. The molecule has 1 amide bonds. The first kappa shape index (κ1) is 13.8. The zero-order chi connectivity index (χ0) is 14.8. The van der Waals surface area contributed by atoms with E-state index in [1.807, 2.05) is 18.2 Å². The van der Waals surface area contributed by atoms with E-state index in [-0.39, 0.29) is 12.5 Å². The Bertz CT molecular complexity index is 688. The van der Waals surface area contributed by atoms with Crippen molar-refractivity contribution in [3.63, 3.8) is 0 Å². The molecule has 0 atom stereocenters. The Morgan fingerprint density at radius 1 is 1.29 bits per heavy atom. The molecule has 0 unspecified atom stereocenters. The lowest BCUT2D eigenvalue weighted by atomic mass is 10.1. The number of nitrogens with zero attached hydrogens (tertiary/aromatic N) is 1. The zero-order valence-electron chi connectivity index (χ0n) is 11.4. The van der Waals surface area contributed by atoms with Crippen LogP contribution in [0.3, 0.4) is 0 Å². The Labute approximate surface area is 128 Å². The molecule has 0 radical (unpaired) electrons. The number of fused-ring (bicyclic) bond motifs is 1. The minimum Gasteiger partial charge on any atom is -0.484 e. The number of benzene rings is 2. The van der Waals surface area contributed by atoms with Crippen molar-refractivity contribution < 1.29 is 9.53 Å². The summed E-state index contributed by atoms with van der Waals surface area (Å²) in [5.41, 5.74) is 8.59. The van der Waals surface area contributed by atoms with E-state index in [1.165, 1.54) is 0 Å². The third-order valence-corrected chi connectivity index (χ3v) is 3.76. The molecule has 2 aromatic carbocycles. The van der Waals surface area contributed by atoms with E-state index in [4.69, 9.17) is 22.1 Å². The molecule has 0 bridgehead atoms. The molecule has 2 N–H and O–H groups in total. The number of carbonyl (C=O) groups is 1. The molecule has 5 heteroatoms. The predicted octanol–water partition coefficient (Wildman–Crippen LogP) is 2.89. The van der Waals surface area contributed by atoms with Gasteiger partial charge < -0.3 is 15.4 Å². The summed E-state index contributed by atoms with van der Waals surface area (Å²) in [5, 5.41) is 0.583. The van der Waals surface area contributed by atoms with E-state index < -0.39 is 0 Å². The molecule has 1 heterocycles. The first-order valence-electron chi connectivity index (χ1n) is 6.71. The van der Waals surface area contributed by atoms with E-state index in [2.05, 4.69) is 0 Å². The third kappa shape index (κ3) is 2.81. The lowest BCUT2D eigenvalue weighted by Gasteiger charge is -2.17. The second-order valence-electron chi connectivity index (χ2n) is 4.89. The monoisotopic (exact) mass is 302 g/mol. The Kier molecular flexibility index (Phi) is 3.71. The Balaban J connectivity index is 1.69. The normalized spacial score (nSPS) is 13.1. The molecule has 3 rings (SSSR count). The van der Waals surface area contributed by atoms with Crippen LogP contribution in [0, 0.1) is 0 Å². The van der Waals surface area contributed by atoms with Crippen LogP contribution in [-0.4, -0.2) is 19.1 Å². The molecule has 0 fully saturated rings. The van der Waals surface area contributed by atoms with Crippen molar-refractivity contribution in [1.29, 1.82) is 0 Å². The van der Waals surface area contributed by atoms with Crippen molar-refractivity contribution in [1.82, 2.24) is 0 Å². The van der Waals surface area contributed by atoms with Gasteiger partial charge in [-0.2, -0.15) is 0 Å². The van der Waals surface area contributed by atoms with Crippen molar-refractivity contribution in [2.45, 2.75) is 6.42 Å². The minimum atomic E-state index is -0.0840. The van der Waals surface area contributed by atoms with Gasteiger partial charge in [-0.1, -0.05) is 23.7 Å². The lowest BCUT2D eigenvalue weighted by Crippen LogP contribution is -2.33. The van der Waals surface area contributed by atoms with Gasteiger partial charge in [-0.3, -0.25) is 4.79 Å². The standard InChI is InChI=1S/C16H15ClN2O2/c17-11-3-1-4-12(9-11)21-10-16(20)19-8-7-13-14(18)5-2-6-15(13)19/h1-6,9H,7-8,10,18H2. The average molecular weight is 303 g/mol. The maximum absolute atomic E-state index is 12.3. The van der Waals surface area contributed by atoms with Gasteiger partial charge in [0.25, 0.3) is 5.91 Å². The predicted molar refractivity (Wildman–Crippen MR) is 83.9 cm³/mol. The summed E-state index contributed by atoms with van der Waals surface area (Å²) in [6.45, 7) is 0.621. The molecular formula is C16H15ClN2O2. The number of nitrogens with two attached hydrogens (primary N) is 1. The van der Waals surface area contributed by atoms with E-state index in [1.54, 1.807) is 29.2 Å². The van der Waals surface area contributed by atoms with Gasteiger partial charge in [0.15, 0.2) is 6.61 Å². The van der Waals surface area contributed by atoms with E-state index in [9.17, 15) is 4.79 Å². The zero-order valence-corrected chi connectivity index (χ0v) is 12.1. The summed E-state index contributed by atoms with van der Waals surface area (Å²) in [5.74, 6) is 0.502. The summed E-state index contributed by atoms with van der Waals surface area (Å²) in [6, 6.07) is 12.6. The molecule has 0 saturated carbocycles. The smallest absolute Gasteiger partial charge is 0.264 e. The largest absolute Gasteiger partial charge is 0.484 e. The molecule has 4 nitrogen and oxygen atoms in total. The number of nitrogen functional groups attached to an aromatic ring is 1. The van der Waals surface area contributed by atoms with Crippen molar-refractivity contribution in [3.05, 3.63) is 53.1 Å². The minimum absolute atomic E-state index is 0.0193. The van der Waals surface area contributed by atoms with E-state index in [0.717, 1.165) is 23.4 Å². The van der Waals surface area contributed by atoms with Crippen LogP contribution in [0.15, 0.2) is 42.5 Å². The van der Waals surface area contributed by atoms with Gasteiger partial charge in [-0.15, -0.1) is 0 Å². The van der Waals surface area contributed by atoms with Gasteiger partial charge in [0.05, 0.1) is 0 Å². The van der Waals surface area contributed by atoms with Crippen LogP contribution < -0.4 is 15.4 Å². The maximum Gasteiger partial charge on any atom is 0.264 e. The topological polar surface area (TPSA) is 55.6 Å². The quantitative estimate of drug-likeness (QED) is 0.887. The summed E-state index contributed by atoms with van der Waals surface area (Å²) in [6.07, 6.45) is 0.783. The number of amides is 1. The summed E-state index contributed by atoms with van der Waals surface area (Å²) < 4.78 is 5.50. The number of carbonyl (C=O) groups excluding carboxylic acids is 1. The lowest BCUT2D eigenvalue weighted by molar-refractivity contribution is -0.120. The fraction of sp³-hybridized carbons (Fsp3) is 0.188. The molecule has 21 heavy (non-hydrogen) atoms. The number of rotatable bonds is 3. The molecule has 108 valence electrons. The molecule has 0 aromatic heterocycles. The highest BCUT2D eigenvalue weighted by Crippen LogP contribution is 2.32. The first-order chi connectivity index (χ1) is 10.1. The van der Waals surface area contributed by atoms with Crippen molar-refractivity contribution in [2.75, 3.05) is 23.8 Å². The second-order valence-corrected chi connectivity index (χ2v) is 5.32. The van der Waals surface area contributed by atoms with E-state index in [0.29, 0.717) is 17.3 Å². The average Bonchev–Trinajstić information content (AvgIpc) is 2.90. The Morgan fingerprint density at radius 3 is 2.90 bits per heavy atom. The number of hydrogen-bond donors (Lipinski definition) is 1. The molecule has 0 saturated heterocycles. The Hall–Kier alpha value is -2.20. The molecular weight excluding hydrogens is 288 g/mol. The molecule has 1 aliphatic rings. The van der Waals surface area contributed by atoms with Gasteiger partial charge in [-0.05, 0) is 36.8 Å². The maximum atomic E-state index is 12.3. The van der Waals surface area contributed by atoms with Crippen molar-refractivity contribution in [3.8, 4) is 5.75 Å². The second kappa shape index (κ2) is 5.66. The van der Waals surface area contributed by atoms with Gasteiger partial charge in [0.1, 0.15) is 5.75 Å². The third-order valence-electron chi connectivity index (χ3n) is 3.52. The highest BCUT2D eigenvalue weighted by molar-refractivity contribution is 6.30. The fourth-order valence-electron chi connectivity index (χ4n) is 2.50. The number of hydrogen-bond acceptors (Lipinski definition) is 3. The number of anilines is 2. The SMILES string of the molecule is Nc1cccc2c1CCN2C(=O)COc1cccc(Cl)c1. The fourth-order valence-corrected chi connectivity index (χ4v) is 2.68. The molecule has 1 aliphatic heterocycles.